The summed E-state index contributed by atoms with van der Waals surface area (Å²) >= 11 is 0. The Balaban J connectivity index is 2.75. The smallest absolute Gasteiger partial charge is 0.151 e. The van der Waals surface area contributed by atoms with E-state index in [0.29, 0.717) is 0 Å². The number of nitrogens with zero attached hydrogens (tertiary/aromatic N) is 1. The lowest BCUT2D eigenvalue weighted by Gasteiger charge is -2.20. The first-order valence-electron chi connectivity index (χ1n) is 4.01. The summed E-state index contributed by atoms with van der Waals surface area (Å²) in [7, 11) is 0. The Morgan fingerprint density at radius 3 is 2.54 bits per heavy atom. The van der Waals surface area contributed by atoms with Crippen molar-refractivity contribution in [2.45, 2.75) is 12.5 Å². The SMILES string of the molecule is CC(C#N)(CF)Nc1ccccc1. The summed E-state index contributed by atoms with van der Waals surface area (Å²) in [5.41, 5.74) is -0.370. The molecule has 0 spiro atoms. The molecule has 13 heavy (non-hydrogen) atoms. The Morgan fingerprint density at radius 1 is 1.46 bits per heavy atom. The molecule has 1 atom stereocenters. The van der Waals surface area contributed by atoms with Crippen molar-refractivity contribution < 1.29 is 4.39 Å². The maximum absolute atomic E-state index is 12.4. The number of nitrogens with one attached hydrogen (secondary N) is 1. The van der Waals surface area contributed by atoms with Crippen LogP contribution in [-0.4, -0.2) is 12.2 Å². The summed E-state index contributed by atoms with van der Waals surface area (Å²) in [6.07, 6.45) is 0. The minimum absolute atomic E-state index is 0.710. The van der Waals surface area contributed by atoms with E-state index in [1.807, 2.05) is 24.3 Å². The fourth-order valence-electron chi connectivity index (χ4n) is 0.931. The van der Waals surface area contributed by atoms with Crippen LogP contribution in [0.3, 0.4) is 0 Å². The average molecular weight is 178 g/mol. The summed E-state index contributed by atoms with van der Waals surface area (Å²) in [5.74, 6) is 0. The molecule has 0 aliphatic rings. The number of rotatable bonds is 3. The summed E-state index contributed by atoms with van der Waals surface area (Å²) in [5, 5.41) is 11.5. The van der Waals surface area contributed by atoms with Crippen molar-refractivity contribution in [1.29, 1.82) is 5.26 Å². The molecule has 1 unspecified atom stereocenters. The molecule has 0 aliphatic carbocycles. The van der Waals surface area contributed by atoms with Crippen LogP contribution in [0.2, 0.25) is 0 Å². The molecule has 0 saturated carbocycles. The van der Waals surface area contributed by atoms with E-state index in [9.17, 15) is 4.39 Å². The Bertz CT molecular complexity index is 304. The van der Waals surface area contributed by atoms with E-state index in [1.54, 1.807) is 12.1 Å². The molecule has 1 N–H and O–H groups in total. The van der Waals surface area contributed by atoms with Gasteiger partial charge < -0.3 is 5.32 Å². The molecule has 0 radical (unpaired) electrons. The van der Waals surface area contributed by atoms with E-state index < -0.39 is 12.2 Å². The highest BCUT2D eigenvalue weighted by Gasteiger charge is 2.22. The fourth-order valence-corrected chi connectivity index (χ4v) is 0.931. The minimum Gasteiger partial charge on any atom is -0.365 e. The summed E-state index contributed by atoms with van der Waals surface area (Å²) in [4.78, 5) is 0. The number of hydrogen-bond donors (Lipinski definition) is 1. The van der Waals surface area contributed by atoms with Crippen molar-refractivity contribution in [3.05, 3.63) is 30.3 Å². The summed E-state index contributed by atoms with van der Waals surface area (Å²) < 4.78 is 12.4. The Hall–Kier alpha value is -1.56. The molecule has 0 saturated heterocycles. The fraction of sp³-hybridized carbons (Fsp3) is 0.300. The molecular weight excluding hydrogens is 167 g/mol. The molecular formula is C10H11FN2. The zero-order valence-corrected chi connectivity index (χ0v) is 7.42. The second-order valence-electron chi connectivity index (χ2n) is 3.07. The molecule has 1 rings (SSSR count). The number of nitriles is 1. The van der Waals surface area contributed by atoms with Crippen molar-refractivity contribution >= 4 is 5.69 Å². The van der Waals surface area contributed by atoms with Crippen LogP contribution in [0, 0.1) is 11.3 Å². The van der Waals surface area contributed by atoms with Gasteiger partial charge in [-0.15, -0.1) is 0 Å². The third-order valence-corrected chi connectivity index (χ3v) is 1.71. The van der Waals surface area contributed by atoms with Gasteiger partial charge in [0.2, 0.25) is 0 Å². The van der Waals surface area contributed by atoms with Gasteiger partial charge in [-0.05, 0) is 19.1 Å². The van der Waals surface area contributed by atoms with E-state index in [2.05, 4.69) is 5.32 Å². The van der Waals surface area contributed by atoms with Gasteiger partial charge in [0, 0.05) is 5.69 Å². The van der Waals surface area contributed by atoms with Gasteiger partial charge in [0.05, 0.1) is 6.07 Å². The number of alkyl halides is 1. The minimum atomic E-state index is -1.12. The lowest BCUT2D eigenvalue weighted by molar-refractivity contribution is 0.410. The summed E-state index contributed by atoms with van der Waals surface area (Å²) in [6.45, 7) is 0.818. The zero-order chi connectivity index (χ0) is 9.73. The zero-order valence-electron chi connectivity index (χ0n) is 7.42. The van der Waals surface area contributed by atoms with Crippen molar-refractivity contribution in [2.24, 2.45) is 0 Å². The van der Waals surface area contributed by atoms with Crippen molar-refractivity contribution in [3.8, 4) is 6.07 Å². The van der Waals surface area contributed by atoms with Gasteiger partial charge in [-0.2, -0.15) is 5.26 Å². The van der Waals surface area contributed by atoms with Gasteiger partial charge in [0.1, 0.15) is 6.67 Å². The van der Waals surface area contributed by atoms with Gasteiger partial charge >= 0.3 is 0 Å². The van der Waals surface area contributed by atoms with Gasteiger partial charge in [0.25, 0.3) is 0 Å². The van der Waals surface area contributed by atoms with Crippen LogP contribution in [0.1, 0.15) is 6.92 Å². The molecule has 0 heterocycles. The van der Waals surface area contributed by atoms with Gasteiger partial charge in [-0.25, -0.2) is 4.39 Å². The van der Waals surface area contributed by atoms with Crippen molar-refractivity contribution in [2.75, 3.05) is 12.0 Å². The van der Waals surface area contributed by atoms with Crippen LogP contribution >= 0.6 is 0 Å². The van der Waals surface area contributed by atoms with Crippen molar-refractivity contribution in [1.82, 2.24) is 0 Å². The van der Waals surface area contributed by atoms with Crippen LogP contribution in [-0.2, 0) is 0 Å². The molecule has 0 aliphatic heterocycles. The lowest BCUT2D eigenvalue weighted by atomic mass is 10.1. The van der Waals surface area contributed by atoms with Crippen LogP contribution in [0.25, 0.3) is 0 Å². The second kappa shape index (κ2) is 3.90. The first-order chi connectivity index (χ1) is 6.20. The molecule has 0 fully saturated rings. The van der Waals surface area contributed by atoms with Crippen LogP contribution in [0.15, 0.2) is 30.3 Å². The van der Waals surface area contributed by atoms with Gasteiger partial charge in [-0.3, -0.25) is 0 Å². The standard InChI is InChI=1S/C10H11FN2/c1-10(7-11,8-12)13-9-5-3-2-4-6-9/h2-6,13H,7H2,1H3. The van der Waals surface area contributed by atoms with Crippen LogP contribution in [0.4, 0.5) is 10.1 Å². The number of anilines is 1. The molecule has 68 valence electrons. The topological polar surface area (TPSA) is 35.8 Å². The maximum atomic E-state index is 12.4. The lowest BCUT2D eigenvalue weighted by Crippen LogP contribution is -2.35. The normalized spacial score (nSPS) is 14.2. The van der Waals surface area contributed by atoms with Gasteiger partial charge in [-0.1, -0.05) is 18.2 Å². The van der Waals surface area contributed by atoms with Gasteiger partial charge in [0.15, 0.2) is 5.54 Å². The van der Waals surface area contributed by atoms with Crippen LogP contribution in [0.5, 0.6) is 0 Å². The number of hydrogen-bond acceptors (Lipinski definition) is 2. The van der Waals surface area contributed by atoms with E-state index in [4.69, 9.17) is 5.26 Å². The quantitative estimate of drug-likeness (QED) is 0.771. The molecule has 0 aromatic heterocycles. The van der Waals surface area contributed by atoms with E-state index >= 15 is 0 Å². The number of benzene rings is 1. The first-order valence-corrected chi connectivity index (χ1v) is 4.01. The Morgan fingerprint density at radius 2 is 2.08 bits per heavy atom. The largest absolute Gasteiger partial charge is 0.365 e. The predicted octanol–water partition coefficient (Wildman–Crippen LogP) is 2.35. The van der Waals surface area contributed by atoms with E-state index in [1.165, 1.54) is 6.92 Å². The average Bonchev–Trinajstić information content (AvgIpc) is 2.19. The highest BCUT2D eigenvalue weighted by molar-refractivity contribution is 5.47. The Labute approximate surface area is 77.0 Å². The van der Waals surface area contributed by atoms with Crippen molar-refractivity contribution in [3.63, 3.8) is 0 Å². The molecule has 2 nitrogen and oxygen atoms in total. The predicted molar refractivity (Wildman–Crippen MR) is 50.1 cm³/mol. The Kier molecular flexibility index (Phi) is 2.86. The third kappa shape index (κ3) is 2.45. The maximum Gasteiger partial charge on any atom is 0.151 e. The molecule has 0 bridgehead atoms. The molecule has 1 aromatic rings. The summed E-state index contributed by atoms with van der Waals surface area (Å²) in [6, 6.07) is 11.0. The second-order valence-corrected chi connectivity index (χ2v) is 3.07. The van der Waals surface area contributed by atoms with E-state index in [-0.39, 0.29) is 0 Å². The van der Waals surface area contributed by atoms with Crippen LogP contribution < -0.4 is 5.32 Å². The number of halogens is 1. The highest BCUT2D eigenvalue weighted by Crippen LogP contribution is 2.14. The van der Waals surface area contributed by atoms with E-state index in [0.717, 1.165) is 5.69 Å². The molecule has 0 amide bonds. The number of para-hydroxylation sites is 1. The highest BCUT2D eigenvalue weighted by atomic mass is 19.1. The monoisotopic (exact) mass is 178 g/mol. The third-order valence-electron chi connectivity index (χ3n) is 1.71. The molecule has 3 heteroatoms. The first kappa shape index (κ1) is 9.53. The molecule has 1 aromatic carbocycles.